The van der Waals surface area contributed by atoms with E-state index in [4.69, 9.17) is 5.41 Å². The molecule has 9 heteroatoms. The summed E-state index contributed by atoms with van der Waals surface area (Å²) in [5.74, 6) is -1.33. The van der Waals surface area contributed by atoms with Crippen LogP contribution in [0, 0.1) is 5.41 Å². The van der Waals surface area contributed by atoms with Gasteiger partial charge in [-0.05, 0) is 30.0 Å². The van der Waals surface area contributed by atoms with Crippen molar-refractivity contribution in [2.24, 2.45) is 0 Å². The first kappa shape index (κ1) is 25.9. The van der Waals surface area contributed by atoms with Crippen LogP contribution in [0.3, 0.4) is 0 Å². The standard InChI is InChI=1S/C26H28N4O4S/c1-17(31)35-24(13-19-16-28-22-10-6-5-9-21(19)22)26(34)30-23(12-11-20(32)14-27)25(33)29-15-18-7-3-2-4-8-18/h2-10,14,16,23-24,27-28H,11-13,15H2,1H3,(H,29,33)(H,30,34)/t23-,24-/m0/s1. The van der Waals surface area contributed by atoms with Crippen LogP contribution in [-0.2, 0) is 32.1 Å². The average Bonchev–Trinajstić information content (AvgIpc) is 3.27. The summed E-state index contributed by atoms with van der Waals surface area (Å²) < 4.78 is 0. The van der Waals surface area contributed by atoms with Crippen LogP contribution in [0.25, 0.3) is 10.9 Å². The Morgan fingerprint density at radius 3 is 2.46 bits per heavy atom. The number of carbonyl (C=O) groups is 4. The molecule has 0 aliphatic heterocycles. The number of nitrogens with one attached hydrogen (secondary N) is 4. The van der Waals surface area contributed by atoms with E-state index >= 15 is 0 Å². The monoisotopic (exact) mass is 492 g/mol. The highest BCUT2D eigenvalue weighted by Crippen LogP contribution is 2.24. The van der Waals surface area contributed by atoms with Crippen molar-refractivity contribution in [3.63, 3.8) is 0 Å². The number of benzene rings is 2. The Morgan fingerprint density at radius 2 is 1.74 bits per heavy atom. The first-order chi connectivity index (χ1) is 16.9. The van der Waals surface area contributed by atoms with Crippen LogP contribution in [0.15, 0.2) is 60.8 Å². The molecule has 8 nitrogen and oxygen atoms in total. The van der Waals surface area contributed by atoms with E-state index < -0.39 is 28.9 Å². The largest absolute Gasteiger partial charge is 0.361 e. The van der Waals surface area contributed by atoms with E-state index in [0.29, 0.717) is 6.21 Å². The van der Waals surface area contributed by atoms with Crippen LogP contribution in [0.2, 0.25) is 0 Å². The summed E-state index contributed by atoms with van der Waals surface area (Å²) >= 11 is 0.908. The van der Waals surface area contributed by atoms with Crippen LogP contribution in [0.1, 0.15) is 30.9 Å². The van der Waals surface area contributed by atoms with Crippen molar-refractivity contribution < 1.29 is 19.2 Å². The molecular weight excluding hydrogens is 464 g/mol. The van der Waals surface area contributed by atoms with Crippen molar-refractivity contribution >= 4 is 51.6 Å². The van der Waals surface area contributed by atoms with Gasteiger partial charge in [-0.2, -0.15) is 0 Å². The topological polar surface area (TPSA) is 132 Å². The molecule has 0 aliphatic carbocycles. The molecule has 0 saturated heterocycles. The molecule has 35 heavy (non-hydrogen) atoms. The lowest BCUT2D eigenvalue weighted by Crippen LogP contribution is -2.49. The zero-order valence-corrected chi connectivity index (χ0v) is 20.2. The van der Waals surface area contributed by atoms with E-state index in [1.807, 2.05) is 60.8 Å². The second kappa shape index (κ2) is 12.7. The van der Waals surface area contributed by atoms with E-state index in [1.54, 1.807) is 0 Å². The number of Topliss-reactive ketones (excluding diaryl/α,β-unsaturated/α-hetero) is 1. The second-order valence-electron chi connectivity index (χ2n) is 8.08. The zero-order chi connectivity index (χ0) is 25.2. The minimum Gasteiger partial charge on any atom is -0.361 e. The molecule has 0 bridgehead atoms. The predicted octanol–water partition coefficient (Wildman–Crippen LogP) is 3.16. The van der Waals surface area contributed by atoms with Crippen molar-refractivity contribution in [1.82, 2.24) is 15.6 Å². The number of carbonyl (C=O) groups excluding carboxylic acids is 4. The number of fused-ring (bicyclic) bond motifs is 1. The maximum absolute atomic E-state index is 13.2. The second-order valence-corrected chi connectivity index (χ2v) is 9.46. The van der Waals surface area contributed by atoms with Gasteiger partial charge in [0, 0.05) is 37.0 Å². The number of amides is 2. The van der Waals surface area contributed by atoms with Crippen molar-refractivity contribution in [2.45, 2.75) is 44.0 Å². The number of aromatic nitrogens is 1. The van der Waals surface area contributed by atoms with Crippen LogP contribution >= 0.6 is 11.8 Å². The normalized spacial score (nSPS) is 12.5. The molecule has 182 valence electrons. The fourth-order valence-corrected chi connectivity index (χ4v) is 4.53. The Kier molecular flexibility index (Phi) is 9.37. The third kappa shape index (κ3) is 7.65. The van der Waals surface area contributed by atoms with Crippen molar-refractivity contribution in [3.8, 4) is 0 Å². The number of hydrogen-bond donors (Lipinski definition) is 4. The molecule has 0 unspecified atom stereocenters. The smallest absolute Gasteiger partial charge is 0.242 e. The Bertz CT molecular complexity index is 1210. The van der Waals surface area contributed by atoms with Gasteiger partial charge in [-0.15, -0.1) is 0 Å². The number of para-hydroxylation sites is 1. The highest BCUT2D eigenvalue weighted by molar-refractivity contribution is 8.14. The molecule has 3 rings (SSSR count). The summed E-state index contributed by atoms with van der Waals surface area (Å²) in [6.07, 6.45) is 2.80. The first-order valence-electron chi connectivity index (χ1n) is 11.2. The number of ketones is 1. The van der Waals surface area contributed by atoms with Crippen LogP contribution in [0.5, 0.6) is 0 Å². The number of aromatic amines is 1. The lowest BCUT2D eigenvalue weighted by molar-refractivity contribution is -0.129. The number of rotatable bonds is 12. The fourth-order valence-electron chi connectivity index (χ4n) is 3.69. The third-order valence-corrected chi connectivity index (χ3v) is 6.46. The minimum atomic E-state index is -0.979. The first-order valence-corrected chi connectivity index (χ1v) is 12.1. The van der Waals surface area contributed by atoms with Gasteiger partial charge in [0.25, 0.3) is 0 Å². The Hall–Kier alpha value is -3.72. The molecule has 1 heterocycles. The summed E-state index contributed by atoms with van der Waals surface area (Å²) in [7, 11) is 0. The summed E-state index contributed by atoms with van der Waals surface area (Å²) in [5.41, 5.74) is 2.71. The molecule has 2 atom stereocenters. The predicted molar refractivity (Wildman–Crippen MR) is 137 cm³/mol. The molecule has 1 aromatic heterocycles. The number of thioether (sulfide) groups is 1. The molecule has 0 aliphatic rings. The van der Waals surface area contributed by atoms with Gasteiger partial charge in [0.15, 0.2) is 10.9 Å². The Balaban J connectivity index is 1.74. The van der Waals surface area contributed by atoms with Crippen LogP contribution in [0.4, 0.5) is 0 Å². The van der Waals surface area contributed by atoms with E-state index in [2.05, 4.69) is 15.6 Å². The molecule has 0 spiro atoms. The maximum Gasteiger partial charge on any atom is 0.242 e. The summed E-state index contributed by atoms with van der Waals surface area (Å²) in [6.45, 7) is 1.67. The van der Waals surface area contributed by atoms with Gasteiger partial charge in [-0.1, -0.05) is 60.3 Å². The molecular formula is C26H28N4O4S. The van der Waals surface area contributed by atoms with Gasteiger partial charge in [0.1, 0.15) is 6.04 Å². The molecule has 2 aromatic carbocycles. The summed E-state index contributed by atoms with van der Waals surface area (Å²) in [6, 6.07) is 16.0. The molecule has 2 amide bonds. The SMILES string of the molecule is CC(=O)S[C@@H](Cc1c[nH]c2ccccc12)C(=O)N[C@@H](CCC(=O)C=N)C(=O)NCc1ccccc1. The van der Waals surface area contributed by atoms with Gasteiger partial charge < -0.3 is 21.0 Å². The number of hydrogen-bond acceptors (Lipinski definition) is 6. The van der Waals surface area contributed by atoms with E-state index in [1.165, 1.54) is 6.92 Å². The quantitative estimate of drug-likeness (QED) is 0.288. The molecule has 0 fully saturated rings. The van der Waals surface area contributed by atoms with E-state index in [0.717, 1.165) is 33.8 Å². The Labute approximate surface area is 207 Å². The van der Waals surface area contributed by atoms with Crippen molar-refractivity contribution in [2.75, 3.05) is 0 Å². The molecule has 0 saturated carbocycles. The zero-order valence-electron chi connectivity index (χ0n) is 19.4. The van der Waals surface area contributed by atoms with Crippen molar-refractivity contribution in [1.29, 1.82) is 5.41 Å². The van der Waals surface area contributed by atoms with E-state index in [-0.39, 0.29) is 30.9 Å². The highest BCUT2D eigenvalue weighted by atomic mass is 32.2. The lowest BCUT2D eigenvalue weighted by Gasteiger charge is -2.21. The average molecular weight is 493 g/mol. The van der Waals surface area contributed by atoms with Gasteiger partial charge in [0.2, 0.25) is 11.8 Å². The van der Waals surface area contributed by atoms with Gasteiger partial charge in [0.05, 0.1) is 11.5 Å². The van der Waals surface area contributed by atoms with Gasteiger partial charge >= 0.3 is 0 Å². The lowest BCUT2D eigenvalue weighted by atomic mass is 10.1. The molecule has 3 aromatic rings. The number of H-pyrrole nitrogens is 1. The van der Waals surface area contributed by atoms with Gasteiger partial charge in [-0.3, -0.25) is 19.2 Å². The van der Waals surface area contributed by atoms with E-state index in [9.17, 15) is 19.2 Å². The van der Waals surface area contributed by atoms with Gasteiger partial charge in [-0.25, -0.2) is 0 Å². The fraction of sp³-hybridized carbons (Fsp3) is 0.269. The van der Waals surface area contributed by atoms with Crippen LogP contribution in [-0.4, -0.2) is 45.2 Å². The van der Waals surface area contributed by atoms with Crippen LogP contribution < -0.4 is 10.6 Å². The van der Waals surface area contributed by atoms with Crippen molar-refractivity contribution in [3.05, 3.63) is 71.9 Å². The molecule has 4 N–H and O–H groups in total. The third-order valence-electron chi connectivity index (χ3n) is 5.46. The summed E-state index contributed by atoms with van der Waals surface area (Å²) in [4.78, 5) is 52.9. The highest BCUT2D eigenvalue weighted by Gasteiger charge is 2.28. The summed E-state index contributed by atoms with van der Waals surface area (Å²) in [5, 5.41) is 12.6. The Morgan fingerprint density at radius 1 is 1.03 bits per heavy atom. The molecule has 0 radical (unpaired) electrons. The minimum absolute atomic E-state index is 0.0467. The maximum atomic E-state index is 13.2.